The van der Waals surface area contributed by atoms with Crippen LogP contribution in [0.25, 0.3) is 128 Å². The van der Waals surface area contributed by atoms with Gasteiger partial charge in [-0.15, -0.1) is 0 Å². The fourth-order valence-corrected chi connectivity index (χ4v) is 8.86. The second-order valence-electron chi connectivity index (χ2n) is 15.7. The molecule has 0 unspecified atom stereocenters. The van der Waals surface area contributed by atoms with Gasteiger partial charge in [0.25, 0.3) is 0 Å². The molecule has 294 valence electrons. The fraction of sp³-hybridized carbons (Fsp3) is 0. The highest BCUT2D eigenvalue weighted by molar-refractivity contribution is 6.28. The molecule has 4 heterocycles. The molecule has 0 aliphatic carbocycles. The minimum Gasteiger partial charge on any atom is -0.436 e. The number of nitrogens with zero attached hydrogens (tertiary/aromatic N) is 6. The summed E-state index contributed by atoms with van der Waals surface area (Å²) in [7, 11) is 0. The van der Waals surface area contributed by atoms with Gasteiger partial charge in [-0.1, -0.05) is 109 Å². The van der Waals surface area contributed by atoms with Gasteiger partial charge in [-0.25, -0.2) is 24.9 Å². The van der Waals surface area contributed by atoms with Crippen LogP contribution in [0.15, 0.2) is 203 Å². The Morgan fingerprint density at radius 3 is 1.14 bits per heavy atom. The van der Waals surface area contributed by atoms with Crippen LogP contribution in [-0.2, 0) is 0 Å². The molecule has 13 rings (SSSR count). The largest absolute Gasteiger partial charge is 0.436 e. The van der Waals surface area contributed by atoms with E-state index < -0.39 is 0 Å². The third-order valence-electron chi connectivity index (χ3n) is 11.9. The van der Waals surface area contributed by atoms with Crippen molar-refractivity contribution in [1.82, 2.24) is 29.5 Å². The van der Waals surface area contributed by atoms with Gasteiger partial charge in [-0.05, 0) is 106 Å². The Morgan fingerprint density at radius 1 is 0.317 bits per heavy atom. The van der Waals surface area contributed by atoms with Gasteiger partial charge in [-0.3, -0.25) is 0 Å². The van der Waals surface area contributed by atoms with Gasteiger partial charge < -0.3 is 13.4 Å². The van der Waals surface area contributed by atoms with Gasteiger partial charge in [0.05, 0.1) is 11.0 Å². The lowest BCUT2D eigenvalue weighted by atomic mass is 10.00. The first-order valence-corrected chi connectivity index (χ1v) is 20.8. The van der Waals surface area contributed by atoms with E-state index in [4.69, 9.17) is 33.8 Å². The van der Waals surface area contributed by atoms with Crippen molar-refractivity contribution in [2.75, 3.05) is 0 Å². The van der Waals surface area contributed by atoms with Crippen molar-refractivity contribution in [1.29, 1.82) is 0 Å². The molecule has 9 aromatic carbocycles. The van der Waals surface area contributed by atoms with E-state index in [0.29, 0.717) is 29.3 Å². The molecular formula is C55H32N6O2. The van der Waals surface area contributed by atoms with Crippen molar-refractivity contribution in [2.24, 2.45) is 0 Å². The van der Waals surface area contributed by atoms with Crippen molar-refractivity contribution in [3.05, 3.63) is 194 Å². The summed E-state index contributed by atoms with van der Waals surface area (Å²) in [5.41, 5.74) is 10.7. The molecule has 0 aliphatic heterocycles. The number of fused-ring (bicyclic) bond motifs is 9. The molecule has 8 heteroatoms. The molecule has 0 fully saturated rings. The lowest BCUT2D eigenvalue weighted by molar-refractivity contribution is 0.619. The number of hydrogen-bond acceptors (Lipinski definition) is 7. The lowest BCUT2D eigenvalue weighted by Gasteiger charge is -2.11. The summed E-state index contributed by atoms with van der Waals surface area (Å²) in [5, 5.41) is 7.41. The van der Waals surface area contributed by atoms with Gasteiger partial charge in [0, 0.05) is 44.3 Å². The van der Waals surface area contributed by atoms with Crippen LogP contribution in [0.1, 0.15) is 0 Å². The SMILES string of the molecule is c1ccc2c(c1)ccc1c2c2c3ccccc3ccc2n1-c1ccc(-c2nc(-c3ccc(-c4nc5ccccc5o4)cc3)nc(-c3ccc(-c4nc5ccccc5o4)cc3)n2)cc1. The zero-order valence-corrected chi connectivity index (χ0v) is 33.5. The van der Waals surface area contributed by atoms with Crippen LogP contribution in [-0.4, -0.2) is 29.5 Å². The van der Waals surface area contributed by atoms with E-state index in [1.54, 1.807) is 0 Å². The predicted octanol–water partition coefficient (Wildman–Crippen LogP) is 13.9. The molecule has 0 bridgehead atoms. The fourth-order valence-electron chi connectivity index (χ4n) is 8.86. The van der Waals surface area contributed by atoms with E-state index in [0.717, 1.165) is 66.7 Å². The molecule has 63 heavy (non-hydrogen) atoms. The lowest BCUT2D eigenvalue weighted by Crippen LogP contribution is -2.01. The molecule has 0 saturated carbocycles. The van der Waals surface area contributed by atoms with Crippen LogP contribution in [0.2, 0.25) is 0 Å². The molecule has 8 nitrogen and oxygen atoms in total. The zero-order chi connectivity index (χ0) is 41.4. The van der Waals surface area contributed by atoms with Crippen LogP contribution in [0.5, 0.6) is 0 Å². The number of rotatable bonds is 6. The predicted molar refractivity (Wildman–Crippen MR) is 251 cm³/mol. The van der Waals surface area contributed by atoms with Gasteiger partial charge >= 0.3 is 0 Å². The standard InChI is InChI=1S/C55H32N6O2/c1-3-11-41-33(9-1)27-31-45-49(41)50-42-12-4-2-10-34(42)28-32-46(50)61(45)40-29-25-37(26-30-40)53-59-51(35-17-21-38(22-18-35)54-56-43-13-5-7-15-47(43)62-54)58-52(60-53)36-19-23-39(24-20-36)55-57-44-14-6-8-16-48(44)63-55/h1-32H. The summed E-state index contributed by atoms with van der Waals surface area (Å²) in [5.74, 6) is 2.78. The number of para-hydroxylation sites is 4. The molecule has 4 aromatic heterocycles. The van der Waals surface area contributed by atoms with E-state index in [2.05, 4.69) is 102 Å². The molecule has 13 aromatic rings. The third kappa shape index (κ3) is 5.80. The summed E-state index contributed by atoms with van der Waals surface area (Å²) in [6.07, 6.45) is 0. The van der Waals surface area contributed by atoms with E-state index in [-0.39, 0.29) is 0 Å². The van der Waals surface area contributed by atoms with Crippen molar-refractivity contribution >= 4 is 65.6 Å². The Hall–Kier alpha value is -8.75. The summed E-state index contributed by atoms with van der Waals surface area (Å²) in [6.45, 7) is 0. The maximum Gasteiger partial charge on any atom is 0.227 e. The Morgan fingerprint density at radius 2 is 0.698 bits per heavy atom. The molecular weight excluding hydrogens is 777 g/mol. The van der Waals surface area contributed by atoms with E-state index >= 15 is 0 Å². The Bertz CT molecular complexity index is 3610. The van der Waals surface area contributed by atoms with Crippen LogP contribution in [0.3, 0.4) is 0 Å². The van der Waals surface area contributed by atoms with Crippen molar-refractivity contribution in [3.63, 3.8) is 0 Å². The number of hydrogen-bond donors (Lipinski definition) is 0. The summed E-state index contributed by atoms with van der Waals surface area (Å²) < 4.78 is 14.5. The molecule has 0 aliphatic rings. The van der Waals surface area contributed by atoms with E-state index in [9.17, 15) is 0 Å². The minimum absolute atomic E-state index is 0.548. The van der Waals surface area contributed by atoms with Crippen molar-refractivity contribution in [3.8, 4) is 62.8 Å². The van der Waals surface area contributed by atoms with Gasteiger partial charge in [0.15, 0.2) is 28.6 Å². The topological polar surface area (TPSA) is 95.7 Å². The summed E-state index contributed by atoms with van der Waals surface area (Å²) >= 11 is 0. The molecule has 0 spiro atoms. The summed E-state index contributed by atoms with van der Waals surface area (Å²) in [6, 6.07) is 66.3. The van der Waals surface area contributed by atoms with Crippen molar-refractivity contribution in [2.45, 2.75) is 0 Å². The average Bonchev–Trinajstić information content (AvgIpc) is 4.09. The van der Waals surface area contributed by atoms with Gasteiger partial charge in [0.2, 0.25) is 11.8 Å². The van der Waals surface area contributed by atoms with Gasteiger partial charge in [-0.2, -0.15) is 0 Å². The third-order valence-corrected chi connectivity index (χ3v) is 11.9. The number of oxazole rings is 2. The van der Waals surface area contributed by atoms with Crippen LogP contribution in [0, 0.1) is 0 Å². The Kier molecular flexibility index (Phi) is 7.74. The smallest absolute Gasteiger partial charge is 0.227 e. The quantitative estimate of drug-likeness (QED) is 0.165. The van der Waals surface area contributed by atoms with Crippen LogP contribution in [0.4, 0.5) is 0 Å². The van der Waals surface area contributed by atoms with E-state index in [1.165, 1.54) is 32.3 Å². The maximum atomic E-state index is 6.07. The minimum atomic E-state index is 0.548. The first kappa shape index (κ1) is 35.0. The second kappa shape index (κ2) is 13.9. The van der Waals surface area contributed by atoms with E-state index in [1.807, 2.05) is 97.1 Å². The average molecular weight is 809 g/mol. The number of aromatic nitrogens is 6. The zero-order valence-electron chi connectivity index (χ0n) is 33.5. The second-order valence-corrected chi connectivity index (χ2v) is 15.7. The Labute approximate surface area is 359 Å². The highest BCUT2D eigenvalue weighted by Gasteiger charge is 2.19. The highest BCUT2D eigenvalue weighted by Crippen LogP contribution is 2.41. The molecule has 0 radical (unpaired) electrons. The normalized spacial score (nSPS) is 11.8. The van der Waals surface area contributed by atoms with Gasteiger partial charge in [0.1, 0.15) is 11.0 Å². The molecule has 0 amide bonds. The highest BCUT2D eigenvalue weighted by atomic mass is 16.4. The van der Waals surface area contributed by atoms with Crippen LogP contribution < -0.4 is 0 Å². The molecule has 0 N–H and O–H groups in total. The maximum absolute atomic E-state index is 6.07. The first-order valence-electron chi connectivity index (χ1n) is 20.8. The molecule has 0 saturated heterocycles. The first-order chi connectivity index (χ1) is 31.2. The Balaban J connectivity index is 0.926. The molecule has 0 atom stereocenters. The number of benzene rings is 9. The van der Waals surface area contributed by atoms with Crippen molar-refractivity contribution < 1.29 is 8.83 Å². The monoisotopic (exact) mass is 808 g/mol. The summed E-state index contributed by atoms with van der Waals surface area (Å²) in [4.78, 5) is 24.6. The van der Waals surface area contributed by atoms with Crippen LogP contribution >= 0.6 is 0 Å².